The second-order valence-corrected chi connectivity index (χ2v) is 6.74. The molecule has 3 aromatic carbocycles. The van der Waals surface area contributed by atoms with Crippen LogP contribution in [0.3, 0.4) is 0 Å². The molecule has 0 N–H and O–H groups in total. The Labute approximate surface area is 178 Å². The first kappa shape index (κ1) is 21.0. The lowest BCUT2D eigenvalue weighted by molar-refractivity contribution is 0.267. The van der Waals surface area contributed by atoms with Crippen molar-refractivity contribution < 1.29 is 9.47 Å². The van der Waals surface area contributed by atoms with Gasteiger partial charge in [0.1, 0.15) is 6.61 Å². The Kier molecular flexibility index (Phi) is 7.46. The molecule has 0 bridgehead atoms. The number of ether oxygens (including phenoxy) is 2. The predicted octanol–water partition coefficient (Wildman–Crippen LogP) is 6.46. The topological polar surface area (TPSA) is 42.2 Å². The highest BCUT2D eigenvalue weighted by Crippen LogP contribution is 2.35. The third kappa shape index (κ3) is 5.40. The number of nitrogens with zero attached hydrogens (tertiary/aromatic N) is 1. The van der Waals surface area contributed by atoms with Gasteiger partial charge in [-0.15, -0.1) is 6.58 Å². The van der Waals surface area contributed by atoms with Gasteiger partial charge in [0.05, 0.1) is 18.2 Å². The molecule has 0 saturated heterocycles. The van der Waals surface area contributed by atoms with Crippen molar-refractivity contribution in [2.75, 3.05) is 6.61 Å². The smallest absolute Gasteiger partial charge is 0.165 e. The first-order chi connectivity index (χ1) is 14.7. The van der Waals surface area contributed by atoms with Gasteiger partial charge >= 0.3 is 0 Å². The van der Waals surface area contributed by atoms with Gasteiger partial charge in [0.25, 0.3) is 0 Å². The third-order valence-corrected chi connectivity index (χ3v) is 4.56. The van der Waals surface area contributed by atoms with Crippen molar-refractivity contribution in [3.63, 3.8) is 0 Å². The predicted molar refractivity (Wildman–Crippen MR) is 122 cm³/mol. The molecule has 0 heterocycles. The quantitative estimate of drug-likeness (QED) is 0.237. The second-order valence-electron chi connectivity index (χ2n) is 6.74. The van der Waals surface area contributed by atoms with Gasteiger partial charge in [0.15, 0.2) is 11.5 Å². The fraction of sp³-hybridized carbons (Fsp3) is 0.148. The number of allylic oxidation sites excluding steroid dienone is 2. The summed E-state index contributed by atoms with van der Waals surface area (Å²) >= 11 is 0. The maximum atomic E-state index is 9.66. The van der Waals surface area contributed by atoms with Crippen molar-refractivity contribution in [3.05, 3.63) is 108 Å². The van der Waals surface area contributed by atoms with Crippen LogP contribution in [0.15, 0.2) is 85.5 Å². The summed E-state index contributed by atoms with van der Waals surface area (Å²) in [6.07, 6.45) is 4.36. The number of nitriles is 1. The lowest BCUT2D eigenvalue weighted by Gasteiger charge is -2.17. The van der Waals surface area contributed by atoms with Gasteiger partial charge < -0.3 is 9.47 Å². The van der Waals surface area contributed by atoms with Gasteiger partial charge in [0.2, 0.25) is 0 Å². The maximum Gasteiger partial charge on any atom is 0.165 e. The number of hydrogen-bond acceptors (Lipinski definition) is 3. The molecule has 0 aliphatic rings. The molecule has 3 aromatic rings. The minimum Gasteiger partial charge on any atom is -0.490 e. The van der Waals surface area contributed by atoms with Crippen LogP contribution in [0.4, 0.5) is 0 Å². The highest BCUT2D eigenvalue weighted by Gasteiger charge is 2.14. The Morgan fingerprint density at radius 2 is 1.70 bits per heavy atom. The number of benzene rings is 3. The zero-order valence-corrected chi connectivity index (χ0v) is 17.2. The Morgan fingerprint density at radius 3 is 2.33 bits per heavy atom. The lowest BCUT2D eigenvalue weighted by Crippen LogP contribution is -2.03. The van der Waals surface area contributed by atoms with Crippen LogP contribution in [0.5, 0.6) is 11.5 Å². The molecule has 3 rings (SSSR count). The lowest BCUT2D eigenvalue weighted by atomic mass is 10.0. The molecule has 0 unspecified atom stereocenters. The molecule has 3 nitrogen and oxygen atoms in total. The van der Waals surface area contributed by atoms with E-state index < -0.39 is 0 Å². The van der Waals surface area contributed by atoms with E-state index in [1.165, 1.54) is 0 Å². The molecule has 150 valence electrons. The van der Waals surface area contributed by atoms with Crippen LogP contribution in [0, 0.1) is 11.3 Å². The van der Waals surface area contributed by atoms with Crippen molar-refractivity contribution in [2.45, 2.75) is 20.0 Å². The Balaban J connectivity index is 2.00. The summed E-state index contributed by atoms with van der Waals surface area (Å²) in [5.74, 6) is 1.39. The maximum absolute atomic E-state index is 9.66. The normalized spacial score (nSPS) is 10.9. The van der Waals surface area contributed by atoms with Gasteiger partial charge in [0, 0.05) is 5.56 Å². The van der Waals surface area contributed by atoms with E-state index in [4.69, 9.17) is 9.47 Å². The average molecular weight is 396 g/mol. The van der Waals surface area contributed by atoms with E-state index in [1.54, 1.807) is 0 Å². The van der Waals surface area contributed by atoms with Gasteiger partial charge in [-0.1, -0.05) is 66.7 Å². The van der Waals surface area contributed by atoms with Crippen molar-refractivity contribution in [1.29, 1.82) is 5.26 Å². The van der Waals surface area contributed by atoms with Crippen molar-refractivity contribution in [1.82, 2.24) is 0 Å². The number of hydrogen-bond donors (Lipinski definition) is 0. The van der Waals surface area contributed by atoms with Crippen LogP contribution in [0.25, 0.3) is 11.6 Å². The molecule has 0 spiro atoms. The molecule has 0 saturated carbocycles. The first-order valence-electron chi connectivity index (χ1n) is 9.99. The van der Waals surface area contributed by atoms with Crippen LogP contribution in [-0.2, 0) is 13.0 Å². The van der Waals surface area contributed by atoms with Crippen molar-refractivity contribution in [2.24, 2.45) is 0 Å². The Morgan fingerprint density at radius 1 is 1.00 bits per heavy atom. The third-order valence-electron chi connectivity index (χ3n) is 4.56. The van der Waals surface area contributed by atoms with Crippen LogP contribution < -0.4 is 9.47 Å². The summed E-state index contributed by atoms with van der Waals surface area (Å²) in [5, 5.41) is 9.66. The summed E-state index contributed by atoms with van der Waals surface area (Å²) in [6.45, 7) is 6.80. The summed E-state index contributed by atoms with van der Waals surface area (Å²) in [5.41, 5.74) is 4.43. The van der Waals surface area contributed by atoms with E-state index in [-0.39, 0.29) is 0 Å². The van der Waals surface area contributed by atoms with Crippen molar-refractivity contribution >= 4 is 11.6 Å². The average Bonchev–Trinajstić information content (AvgIpc) is 2.78. The van der Waals surface area contributed by atoms with Gasteiger partial charge in [-0.2, -0.15) is 5.26 Å². The van der Waals surface area contributed by atoms with Crippen LogP contribution >= 0.6 is 0 Å². The molecule has 0 radical (unpaired) electrons. The van der Waals surface area contributed by atoms with Crippen LogP contribution in [0.2, 0.25) is 0 Å². The van der Waals surface area contributed by atoms with Gasteiger partial charge in [-0.25, -0.2) is 0 Å². The number of rotatable bonds is 9. The molecule has 0 aliphatic heterocycles. The van der Waals surface area contributed by atoms with Gasteiger partial charge in [-0.05, 0) is 48.2 Å². The van der Waals surface area contributed by atoms with Gasteiger partial charge in [-0.3, -0.25) is 0 Å². The second kappa shape index (κ2) is 10.7. The highest BCUT2D eigenvalue weighted by molar-refractivity contribution is 5.90. The fourth-order valence-electron chi connectivity index (χ4n) is 3.19. The molecule has 0 amide bonds. The zero-order chi connectivity index (χ0) is 21.2. The van der Waals surface area contributed by atoms with Crippen molar-refractivity contribution in [3.8, 4) is 17.6 Å². The van der Waals surface area contributed by atoms with E-state index in [0.717, 1.165) is 28.0 Å². The molecular weight excluding hydrogens is 370 g/mol. The van der Waals surface area contributed by atoms with E-state index in [0.29, 0.717) is 31.0 Å². The summed E-state index contributed by atoms with van der Waals surface area (Å²) in [4.78, 5) is 0. The fourth-order valence-corrected chi connectivity index (χ4v) is 3.19. The van der Waals surface area contributed by atoms with E-state index in [9.17, 15) is 5.26 Å². The Bertz CT molecular complexity index is 1050. The zero-order valence-electron chi connectivity index (χ0n) is 17.2. The first-order valence-corrected chi connectivity index (χ1v) is 9.99. The standard InChI is InChI=1S/C27H25NO2/c1-3-11-24-16-22(17-25(19-28)23-14-9-6-10-15-23)18-26(29-4-2)27(24)30-20-21-12-7-5-8-13-21/h3,5-10,12-18H,1,4,11,20H2,2H3/b25-17+. The van der Waals surface area contributed by atoms with E-state index in [2.05, 4.69) is 12.6 Å². The van der Waals surface area contributed by atoms with E-state index in [1.807, 2.05) is 91.9 Å². The molecule has 0 atom stereocenters. The molecule has 3 heteroatoms. The minimum absolute atomic E-state index is 0.452. The van der Waals surface area contributed by atoms with Crippen LogP contribution in [-0.4, -0.2) is 6.61 Å². The molecule has 30 heavy (non-hydrogen) atoms. The Hall–Kier alpha value is -3.77. The molecule has 0 fully saturated rings. The van der Waals surface area contributed by atoms with E-state index >= 15 is 0 Å². The highest BCUT2D eigenvalue weighted by atomic mass is 16.5. The monoisotopic (exact) mass is 395 g/mol. The molecule has 0 aliphatic carbocycles. The summed E-state index contributed by atoms with van der Waals surface area (Å²) in [7, 11) is 0. The SMILES string of the molecule is C=CCc1cc(/C=C(\C#N)c2ccccc2)cc(OCC)c1OCc1ccccc1. The summed E-state index contributed by atoms with van der Waals surface area (Å²) < 4.78 is 12.1. The summed E-state index contributed by atoms with van der Waals surface area (Å²) in [6, 6.07) is 25.9. The molecular formula is C27H25NO2. The van der Waals surface area contributed by atoms with Crippen LogP contribution in [0.1, 0.15) is 29.2 Å². The molecule has 0 aromatic heterocycles. The minimum atomic E-state index is 0.452. The largest absolute Gasteiger partial charge is 0.490 e.